The average Bonchev–Trinajstić information content (AvgIpc) is 2.40. The summed E-state index contributed by atoms with van der Waals surface area (Å²) in [6, 6.07) is 10.9. The Bertz CT molecular complexity index is 668. The second kappa shape index (κ2) is 6.82. The lowest BCUT2D eigenvalue weighted by Crippen LogP contribution is -2.26. The molecule has 110 valence electrons. The Morgan fingerprint density at radius 1 is 1.19 bits per heavy atom. The van der Waals surface area contributed by atoms with Crippen LogP contribution in [0, 0.1) is 6.92 Å². The second-order valence-corrected chi connectivity index (χ2v) is 6.67. The lowest BCUT2D eigenvalue weighted by molar-refractivity contribution is 0.0785. The molecule has 0 radical (unpaired) electrons. The molecule has 0 unspecified atom stereocenters. The molecule has 0 saturated heterocycles. The summed E-state index contributed by atoms with van der Waals surface area (Å²) in [5, 5.41) is 1.15. The van der Waals surface area contributed by atoms with Crippen LogP contribution >= 0.6 is 39.1 Å². The first-order valence-electron chi connectivity index (χ1n) is 6.33. The van der Waals surface area contributed by atoms with Crippen LogP contribution in [0.2, 0.25) is 10.0 Å². The van der Waals surface area contributed by atoms with E-state index in [4.69, 9.17) is 23.2 Å². The Morgan fingerprint density at radius 2 is 1.90 bits per heavy atom. The summed E-state index contributed by atoms with van der Waals surface area (Å²) in [5.74, 6) is -0.0505. The van der Waals surface area contributed by atoms with Crippen molar-refractivity contribution in [1.29, 1.82) is 0 Å². The smallest absolute Gasteiger partial charge is 0.253 e. The zero-order chi connectivity index (χ0) is 15.6. The number of carbonyl (C=O) groups excluding carboxylic acids is 1. The molecule has 5 heteroatoms. The van der Waals surface area contributed by atoms with Crippen molar-refractivity contribution in [3.05, 3.63) is 67.6 Å². The number of amides is 1. The van der Waals surface area contributed by atoms with Crippen molar-refractivity contribution in [2.45, 2.75) is 13.5 Å². The third-order valence-electron chi connectivity index (χ3n) is 3.06. The molecule has 0 spiro atoms. The van der Waals surface area contributed by atoms with Gasteiger partial charge in [0.2, 0.25) is 0 Å². The molecule has 0 aliphatic carbocycles. The highest BCUT2D eigenvalue weighted by molar-refractivity contribution is 9.10. The quantitative estimate of drug-likeness (QED) is 0.697. The normalized spacial score (nSPS) is 10.5. The molecule has 0 heterocycles. The lowest BCUT2D eigenvalue weighted by Gasteiger charge is -2.18. The predicted molar refractivity (Wildman–Crippen MR) is 91.1 cm³/mol. The van der Waals surface area contributed by atoms with Crippen molar-refractivity contribution in [1.82, 2.24) is 4.90 Å². The van der Waals surface area contributed by atoms with Crippen LogP contribution in [-0.4, -0.2) is 17.9 Å². The third-order valence-corrected chi connectivity index (χ3v) is 4.10. The molecule has 2 nitrogen and oxygen atoms in total. The van der Waals surface area contributed by atoms with E-state index in [2.05, 4.69) is 15.9 Å². The molecule has 0 bridgehead atoms. The van der Waals surface area contributed by atoms with E-state index >= 15 is 0 Å². The molecule has 0 aromatic heterocycles. The standard InChI is InChI=1S/C16H14BrCl2NO/c1-10-5-12(7-13(17)6-10)16(21)20(2)9-11-3-4-14(18)8-15(11)19/h3-8H,9H2,1-2H3. The minimum absolute atomic E-state index is 0.0505. The molecule has 0 saturated carbocycles. The number of benzene rings is 2. The van der Waals surface area contributed by atoms with E-state index in [1.165, 1.54) is 0 Å². The number of rotatable bonds is 3. The maximum atomic E-state index is 12.5. The van der Waals surface area contributed by atoms with Gasteiger partial charge in [-0.3, -0.25) is 4.79 Å². The fraction of sp³-hybridized carbons (Fsp3) is 0.188. The molecule has 0 atom stereocenters. The molecule has 0 aliphatic rings. The number of aryl methyl sites for hydroxylation is 1. The van der Waals surface area contributed by atoms with Crippen molar-refractivity contribution in [2.24, 2.45) is 0 Å². The van der Waals surface area contributed by atoms with Gasteiger partial charge >= 0.3 is 0 Å². The van der Waals surface area contributed by atoms with Gasteiger partial charge in [0.15, 0.2) is 0 Å². The summed E-state index contributed by atoms with van der Waals surface area (Å²) in [7, 11) is 1.75. The zero-order valence-corrected chi connectivity index (χ0v) is 14.8. The highest BCUT2D eigenvalue weighted by Gasteiger charge is 2.14. The Hall–Kier alpha value is -1.03. The lowest BCUT2D eigenvalue weighted by atomic mass is 10.1. The summed E-state index contributed by atoms with van der Waals surface area (Å²) in [4.78, 5) is 14.1. The van der Waals surface area contributed by atoms with Crippen LogP contribution < -0.4 is 0 Å². The number of hydrogen-bond acceptors (Lipinski definition) is 1. The van der Waals surface area contributed by atoms with Crippen LogP contribution in [0.15, 0.2) is 40.9 Å². The van der Waals surface area contributed by atoms with E-state index in [9.17, 15) is 4.79 Å². The van der Waals surface area contributed by atoms with Gasteiger partial charge < -0.3 is 4.90 Å². The first-order valence-corrected chi connectivity index (χ1v) is 7.88. The molecular weight excluding hydrogens is 373 g/mol. The van der Waals surface area contributed by atoms with E-state index in [-0.39, 0.29) is 5.91 Å². The van der Waals surface area contributed by atoms with Gasteiger partial charge in [0.05, 0.1) is 0 Å². The predicted octanol–water partition coefficient (Wildman–Crippen LogP) is 5.34. The summed E-state index contributed by atoms with van der Waals surface area (Å²) in [6.07, 6.45) is 0. The zero-order valence-electron chi connectivity index (χ0n) is 11.7. The maximum absolute atomic E-state index is 12.5. The van der Waals surface area contributed by atoms with Crippen LogP contribution in [0.1, 0.15) is 21.5 Å². The molecule has 2 aromatic rings. The minimum Gasteiger partial charge on any atom is -0.337 e. The topological polar surface area (TPSA) is 20.3 Å². The number of hydrogen-bond donors (Lipinski definition) is 0. The van der Waals surface area contributed by atoms with Crippen molar-refractivity contribution in [3.63, 3.8) is 0 Å². The maximum Gasteiger partial charge on any atom is 0.253 e. The van der Waals surface area contributed by atoms with Gasteiger partial charge in [0.25, 0.3) is 5.91 Å². The summed E-state index contributed by atoms with van der Waals surface area (Å²) < 4.78 is 0.892. The summed E-state index contributed by atoms with van der Waals surface area (Å²) in [5.41, 5.74) is 2.55. The highest BCUT2D eigenvalue weighted by atomic mass is 79.9. The second-order valence-electron chi connectivity index (χ2n) is 4.91. The van der Waals surface area contributed by atoms with E-state index < -0.39 is 0 Å². The fourth-order valence-electron chi connectivity index (χ4n) is 2.06. The van der Waals surface area contributed by atoms with Gasteiger partial charge in [-0.2, -0.15) is 0 Å². The Labute approximate surface area is 142 Å². The molecule has 0 N–H and O–H groups in total. The highest BCUT2D eigenvalue weighted by Crippen LogP contribution is 2.23. The minimum atomic E-state index is -0.0505. The van der Waals surface area contributed by atoms with E-state index in [1.807, 2.05) is 31.2 Å². The van der Waals surface area contributed by atoms with Gasteiger partial charge in [-0.25, -0.2) is 0 Å². The van der Waals surface area contributed by atoms with Gasteiger partial charge in [-0.15, -0.1) is 0 Å². The first-order chi connectivity index (χ1) is 9.86. The van der Waals surface area contributed by atoms with Crippen LogP contribution in [0.4, 0.5) is 0 Å². The molecule has 2 aromatic carbocycles. The summed E-state index contributed by atoms with van der Waals surface area (Å²) in [6.45, 7) is 2.39. The molecular formula is C16H14BrCl2NO. The third kappa shape index (κ3) is 4.22. The number of nitrogens with zero attached hydrogens (tertiary/aromatic N) is 1. The van der Waals surface area contributed by atoms with Crippen LogP contribution in [0.5, 0.6) is 0 Å². The fourth-order valence-corrected chi connectivity index (χ4v) is 3.13. The van der Waals surface area contributed by atoms with Crippen molar-refractivity contribution < 1.29 is 4.79 Å². The molecule has 0 fully saturated rings. The Balaban J connectivity index is 2.19. The van der Waals surface area contributed by atoms with Gasteiger partial charge in [-0.05, 0) is 48.4 Å². The average molecular weight is 387 g/mol. The summed E-state index contributed by atoms with van der Waals surface area (Å²) >= 11 is 15.4. The number of halogens is 3. The first kappa shape index (κ1) is 16.3. The van der Waals surface area contributed by atoms with Crippen LogP contribution in [-0.2, 0) is 6.54 Å². The molecule has 1 amide bonds. The van der Waals surface area contributed by atoms with Crippen molar-refractivity contribution in [3.8, 4) is 0 Å². The Kier molecular flexibility index (Phi) is 5.31. The van der Waals surface area contributed by atoms with E-state index in [0.717, 1.165) is 15.6 Å². The largest absolute Gasteiger partial charge is 0.337 e. The van der Waals surface area contributed by atoms with E-state index in [1.54, 1.807) is 24.1 Å². The SMILES string of the molecule is Cc1cc(Br)cc(C(=O)N(C)Cc2ccc(Cl)cc2Cl)c1. The molecule has 0 aliphatic heterocycles. The van der Waals surface area contributed by atoms with Crippen LogP contribution in [0.25, 0.3) is 0 Å². The van der Waals surface area contributed by atoms with Crippen molar-refractivity contribution in [2.75, 3.05) is 7.05 Å². The molecule has 2 rings (SSSR count). The number of carbonyl (C=O) groups is 1. The van der Waals surface area contributed by atoms with Gasteiger partial charge in [-0.1, -0.05) is 45.2 Å². The molecule has 21 heavy (non-hydrogen) atoms. The Morgan fingerprint density at radius 3 is 2.52 bits per heavy atom. The van der Waals surface area contributed by atoms with E-state index in [0.29, 0.717) is 22.2 Å². The van der Waals surface area contributed by atoms with Crippen molar-refractivity contribution >= 4 is 45.0 Å². The van der Waals surface area contributed by atoms with Gasteiger partial charge in [0, 0.05) is 33.7 Å². The monoisotopic (exact) mass is 385 g/mol. The van der Waals surface area contributed by atoms with Crippen LogP contribution in [0.3, 0.4) is 0 Å². The van der Waals surface area contributed by atoms with Gasteiger partial charge in [0.1, 0.15) is 0 Å².